The average molecular weight is 239 g/mol. The summed E-state index contributed by atoms with van der Waals surface area (Å²) in [5, 5.41) is 0. The first kappa shape index (κ1) is 14.7. The Morgan fingerprint density at radius 1 is 1.24 bits per heavy atom. The van der Waals surface area contributed by atoms with Crippen LogP contribution in [0.15, 0.2) is 0 Å². The lowest BCUT2D eigenvalue weighted by molar-refractivity contribution is -0.132. The molecule has 2 heteroatoms. The highest BCUT2D eigenvalue weighted by atomic mass is 16.1. The number of ketones is 1. The number of nitrogens with zero attached hydrogens (tertiary/aromatic N) is 1. The van der Waals surface area contributed by atoms with Gasteiger partial charge < -0.3 is 0 Å². The minimum absolute atomic E-state index is 0.139. The molecule has 0 aromatic heterocycles. The molecule has 0 heterocycles. The van der Waals surface area contributed by atoms with Gasteiger partial charge in [0.1, 0.15) is 0 Å². The fourth-order valence-corrected chi connectivity index (χ4v) is 2.98. The molecule has 1 fully saturated rings. The monoisotopic (exact) mass is 239 g/mol. The maximum Gasteiger partial charge on any atom is 0.153 e. The molecule has 100 valence electrons. The number of Topliss-reactive ketones (excluding diaryl/α,β-unsaturated/α-hetero) is 1. The van der Waals surface area contributed by atoms with Crippen LogP contribution in [0.3, 0.4) is 0 Å². The number of hydrogen-bond donors (Lipinski definition) is 0. The molecule has 0 radical (unpaired) electrons. The molecular formula is C15H29NO. The van der Waals surface area contributed by atoms with Crippen molar-refractivity contribution in [2.75, 3.05) is 14.1 Å². The molecule has 1 aliphatic rings. The minimum atomic E-state index is -0.139. The van der Waals surface area contributed by atoms with Crippen LogP contribution in [0.25, 0.3) is 0 Å². The highest BCUT2D eigenvalue weighted by Crippen LogP contribution is 2.36. The van der Waals surface area contributed by atoms with Gasteiger partial charge in [0.15, 0.2) is 5.78 Å². The predicted octanol–water partition coefficient (Wildman–Crippen LogP) is 3.65. The van der Waals surface area contributed by atoms with Gasteiger partial charge in [0, 0.05) is 6.42 Å². The quantitative estimate of drug-likeness (QED) is 0.659. The third-order valence-electron chi connectivity index (χ3n) is 4.48. The highest BCUT2D eigenvalue weighted by molar-refractivity contribution is 5.88. The van der Waals surface area contributed by atoms with Crippen LogP contribution in [0.1, 0.15) is 65.2 Å². The van der Waals surface area contributed by atoms with Gasteiger partial charge in [0.25, 0.3) is 0 Å². The van der Waals surface area contributed by atoms with Crippen molar-refractivity contribution in [3.8, 4) is 0 Å². The number of unbranched alkanes of at least 4 members (excludes halogenated alkanes) is 2. The second-order valence-corrected chi connectivity index (χ2v) is 5.99. The molecule has 2 nitrogen and oxygen atoms in total. The maximum atomic E-state index is 12.5. The Morgan fingerprint density at radius 3 is 2.29 bits per heavy atom. The molecule has 0 spiro atoms. The lowest BCUT2D eigenvalue weighted by Crippen LogP contribution is -2.53. The van der Waals surface area contributed by atoms with E-state index < -0.39 is 0 Å². The van der Waals surface area contributed by atoms with Gasteiger partial charge in [-0.05, 0) is 52.1 Å². The molecule has 0 atom stereocenters. The van der Waals surface area contributed by atoms with E-state index in [4.69, 9.17) is 0 Å². The summed E-state index contributed by atoms with van der Waals surface area (Å²) in [7, 11) is 4.15. The molecule has 0 N–H and O–H groups in total. The van der Waals surface area contributed by atoms with Gasteiger partial charge in [0.05, 0.1) is 5.54 Å². The molecule has 1 aliphatic carbocycles. The molecule has 17 heavy (non-hydrogen) atoms. The maximum absolute atomic E-state index is 12.5. The summed E-state index contributed by atoms with van der Waals surface area (Å²) in [4.78, 5) is 14.7. The van der Waals surface area contributed by atoms with Crippen LogP contribution in [-0.2, 0) is 4.79 Å². The summed E-state index contributed by atoms with van der Waals surface area (Å²) < 4.78 is 0. The number of likely N-dealkylation sites (N-methyl/N-ethyl adjacent to an activating group) is 1. The zero-order valence-corrected chi connectivity index (χ0v) is 12.1. The van der Waals surface area contributed by atoms with E-state index in [-0.39, 0.29) is 5.54 Å². The molecular weight excluding hydrogens is 210 g/mol. The van der Waals surface area contributed by atoms with Gasteiger partial charge in [0.2, 0.25) is 0 Å². The van der Waals surface area contributed by atoms with Gasteiger partial charge in [-0.1, -0.05) is 26.7 Å². The van der Waals surface area contributed by atoms with E-state index in [2.05, 4.69) is 32.8 Å². The predicted molar refractivity (Wildman–Crippen MR) is 73.2 cm³/mol. The van der Waals surface area contributed by atoms with Crippen LogP contribution in [-0.4, -0.2) is 30.3 Å². The van der Waals surface area contributed by atoms with E-state index in [1.54, 1.807) is 0 Å². The summed E-state index contributed by atoms with van der Waals surface area (Å²) in [6.07, 6.45) is 8.76. The summed E-state index contributed by atoms with van der Waals surface area (Å²) in [6.45, 7) is 4.50. The molecule has 0 aromatic carbocycles. The normalized spacial score (nSPS) is 29.6. The smallest absolute Gasteiger partial charge is 0.153 e. The fraction of sp³-hybridized carbons (Fsp3) is 0.933. The van der Waals surface area contributed by atoms with Gasteiger partial charge in [-0.2, -0.15) is 0 Å². The molecule has 0 amide bonds. The second kappa shape index (κ2) is 6.53. The first-order chi connectivity index (χ1) is 8.03. The Hall–Kier alpha value is -0.370. The number of carbonyl (C=O) groups is 1. The standard InChI is InChI=1S/C15H29NO/c1-5-6-7-8-14(17)15(16(3)4)11-9-13(2)10-12-15/h13H,5-12H2,1-4H3. The van der Waals surface area contributed by atoms with Crippen LogP contribution in [0.5, 0.6) is 0 Å². The molecule has 0 saturated heterocycles. The Labute approximate surface area is 107 Å². The third-order valence-corrected chi connectivity index (χ3v) is 4.48. The zero-order chi connectivity index (χ0) is 12.9. The summed E-state index contributed by atoms with van der Waals surface area (Å²) >= 11 is 0. The molecule has 1 rings (SSSR count). The first-order valence-electron chi connectivity index (χ1n) is 7.23. The van der Waals surface area contributed by atoms with Crippen molar-refractivity contribution in [1.82, 2.24) is 4.90 Å². The summed E-state index contributed by atoms with van der Waals surface area (Å²) in [6, 6.07) is 0. The van der Waals surface area contributed by atoms with E-state index in [1.165, 1.54) is 25.7 Å². The number of rotatable bonds is 6. The highest BCUT2D eigenvalue weighted by Gasteiger charge is 2.41. The molecule has 0 aromatic rings. The number of carbonyl (C=O) groups excluding carboxylic acids is 1. The van der Waals surface area contributed by atoms with Crippen LogP contribution in [0, 0.1) is 5.92 Å². The average Bonchev–Trinajstić information content (AvgIpc) is 2.30. The van der Waals surface area contributed by atoms with Crippen LogP contribution in [0.4, 0.5) is 0 Å². The molecule has 0 aliphatic heterocycles. The lowest BCUT2D eigenvalue weighted by atomic mass is 9.73. The van der Waals surface area contributed by atoms with Crippen molar-refractivity contribution >= 4 is 5.78 Å². The molecule has 0 bridgehead atoms. The van der Waals surface area contributed by atoms with E-state index in [0.717, 1.165) is 31.6 Å². The van der Waals surface area contributed by atoms with Crippen molar-refractivity contribution < 1.29 is 4.79 Å². The van der Waals surface area contributed by atoms with Crippen molar-refractivity contribution in [1.29, 1.82) is 0 Å². The third kappa shape index (κ3) is 3.54. The van der Waals surface area contributed by atoms with Crippen LogP contribution >= 0.6 is 0 Å². The Bertz CT molecular complexity index is 239. The van der Waals surface area contributed by atoms with Gasteiger partial charge in [-0.3, -0.25) is 9.69 Å². The van der Waals surface area contributed by atoms with Crippen molar-refractivity contribution in [3.63, 3.8) is 0 Å². The SMILES string of the molecule is CCCCCC(=O)C1(N(C)C)CCC(C)CC1. The largest absolute Gasteiger partial charge is 0.298 e. The molecule has 0 unspecified atom stereocenters. The van der Waals surface area contributed by atoms with Crippen molar-refractivity contribution in [2.24, 2.45) is 5.92 Å². The van der Waals surface area contributed by atoms with E-state index >= 15 is 0 Å². The van der Waals surface area contributed by atoms with Crippen LogP contribution < -0.4 is 0 Å². The summed E-state index contributed by atoms with van der Waals surface area (Å²) in [5.74, 6) is 1.29. The minimum Gasteiger partial charge on any atom is -0.298 e. The Morgan fingerprint density at radius 2 is 1.82 bits per heavy atom. The lowest BCUT2D eigenvalue weighted by Gasteiger charge is -2.43. The Kier molecular flexibility index (Phi) is 5.64. The van der Waals surface area contributed by atoms with Crippen LogP contribution in [0.2, 0.25) is 0 Å². The second-order valence-electron chi connectivity index (χ2n) is 5.99. The van der Waals surface area contributed by atoms with E-state index in [0.29, 0.717) is 5.78 Å². The molecule has 1 saturated carbocycles. The first-order valence-corrected chi connectivity index (χ1v) is 7.23. The number of hydrogen-bond acceptors (Lipinski definition) is 2. The summed E-state index contributed by atoms with van der Waals surface area (Å²) in [5.41, 5.74) is -0.139. The zero-order valence-electron chi connectivity index (χ0n) is 12.1. The van der Waals surface area contributed by atoms with E-state index in [9.17, 15) is 4.79 Å². The van der Waals surface area contributed by atoms with Gasteiger partial charge in [-0.15, -0.1) is 0 Å². The Balaban J connectivity index is 2.61. The van der Waals surface area contributed by atoms with Gasteiger partial charge in [-0.25, -0.2) is 0 Å². The fourth-order valence-electron chi connectivity index (χ4n) is 2.98. The van der Waals surface area contributed by atoms with Crippen molar-refractivity contribution in [2.45, 2.75) is 70.8 Å². The van der Waals surface area contributed by atoms with Crippen molar-refractivity contribution in [3.05, 3.63) is 0 Å². The van der Waals surface area contributed by atoms with Gasteiger partial charge >= 0.3 is 0 Å². The van der Waals surface area contributed by atoms with E-state index in [1.807, 2.05) is 0 Å². The topological polar surface area (TPSA) is 20.3 Å².